The summed E-state index contributed by atoms with van der Waals surface area (Å²) >= 11 is 0. The van der Waals surface area contributed by atoms with Crippen molar-refractivity contribution in [2.45, 2.75) is 59.5 Å². The molecule has 1 rings (SSSR count). The van der Waals surface area contributed by atoms with Crippen molar-refractivity contribution < 1.29 is 14.6 Å². The lowest BCUT2D eigenvalue weighted by atomic mass is 9.61. The van der Waals surface area contributed by atoms with Gasteiger partial charge in [-0.2, -0.15) is 0 Å². The second kappa shape index (κ2) is 5.20. The summed E-state index contributed by atoms with van der Waals surface area (Å²) in [5.41, 5.74) is -1.03. The predicted octanol–water partition coefficient (Wildman–Crippen LogP) is 3.01. The first-order chi connectivity index (χ1) is 8.15. The summed E-state index contributed by atoms with van der Waals surface area (Å²) in [6.45, 7) is 10.4. The quantitative estimate of drug-likeness (QED) is 0.790. The standard InChI is InChI=1S/C15H28O3/c1-10(2)15(17,13(16)18-6)12-7-8-14(4,5)9-11(12)3/h10-12,17H,7-9H2,1-6H3. The van der Waals surface area contributed by atoms with E-state index in [2.05, 4.69) is 20.8 Å². The topological polar surface area (TPSA) is 46.5 Å². The van der Waals surface area contributed by atoms with Crippen LogP contribution in [0.5, 0.6) is 0 Å². The van der Waals surface area contributed by atoms with Crippen molar-refractivity contribution in [2.75, 3.05) is 7.11 Å². The summed E-state index contributed by atoms with van der Waals surface area (Å²) in [6.07, 6.45) is 2.98. The van der Waals surface area contributed by atoms with Gasteiger partial charge in [-0.15, -0.1) is 0 Å². The summed E-state index contributed by atoms with van der Waals surface area (Å²) in [5.74, 6) is -0.272. The van der Waals surface area contributed by atoms with E-state index in [-0.39, 0.29) is 11.8 Å². The van der Waals surface area contributed by atoms with Gasteiger partial charge in [0.2, 0.25) is 0 Å². The lowest BCUT2D eigenvalue weighted by Gasteiger charge is -2.46. The van der Waals surface area contributed by atoms with Crippen molar-refractivity contribution in [3.8, 4) is 0 Å². The summed E-state index contributed by atoms with van der Waals surface area (Å²) in [7, 11) is 1.35. The molecule has 0 aromatic heterocycles. The zero-order chi connectivity index (χ0) is 14.1. The molecule has 0 saturated heterocycles. The fourth-order valence-corrected chi connectivity index (χ4v) is 3.58. The number of hydrogen-bond acceptors (Lipinski definition) is 3. The Bertz CT molecular complexity index is 309. The molecule has 0 aromatic rings. The molecule has 1 fully saturated rings. The van der Waals surface area contributed by atoms with Crippen LogP contribution >= 0.6 is 0 Å². The number of esters is 1. The van der Waals surface area contributed by atoms with E-state index < -0.39 is 11.6 Å². The first-order valence-electron chi connectivity index (χ1n) is 6.96. The second-order valence-corrected chi connectivity index (χ2v) is 6.96. The molecule has 18 heavy (non-hydrogen) atoms. The zero-order valence-electron chi connectivity index (χ0n) is 12.6. The first-order valence-corrected chi connectivity index (χ1v) is 6.96. The Balaban J connectivity index is 2.99. The number of ether oxygens (including phenoxy) is 1. The predicted molar refractivity (Wildman–Crippen MR) is 72.1 cm³/mol. The molecule has 0 bridgehead atoms. The summed E-state index contributed by atoms with van der Waals surface area (Å²) in [4.78, 5) is 12.0. The molecule has 0 spiro atoms. The molecule has 1 N–H and O–H groups in total. The van der Waals surface area contributed by atoms with Crippen molar-refractivity contribution in [1.29, 1.82) is 0 Å². The number of aliphatic hydroxyl groups is 1. The third kappa shape index (κ3) is 2.71. The molecular weight excluding hydrogens is 228 g/mol. The van der Waals surface area contributed by atoms with Crippen LogP contribution in [0.2, 0.25) is 0 Å². The third-order valence-corrected chi connectivity index (χ3v) is 4.65. The summed E-state index contributed by atoms with van der Waals surface area (Å²) in [6, 6.07) is 0. The van der Waals surface area contributed by atoms with Gasteiger partial charge in [-0.1, -0.05) is 34.6 Å². The van der Waals surface area contributed by atoms with Crippen molar-refractivity contribution >= 4 is 5.97 Å². The molecule has 1 saturated carbocycles. The fourth-order valence-electron chi connectivity index (χ4n) is 3.58. The van der Waals surface area contributed by atoms with Gasteiger partial charge in [0.05, 0.1) is 7.11 Å². The van der Waals surface area contributed by atoms with E-state index in [0.717, 1.165) is 19.3 Å². The van der Waals surface area contributed by atoms with Crippen LogP contribution in [0.15, 0.2) is 0 Å². The van der Waals surface area contributed by atoms with Crippen molar-refractivity contribution in [1.82, 2.24) is 0 Å². The Kier molecular flexibility index (Phi) is 4.47. The van der Waals surface area contributed by atoms with Crippen LogP contribution in [0.25, 0.3) is 0 Å². The number of rotatable bonds is 3. The Morgan fingerprint density at radius 2 is 2.00 bits per heavy atom. The van der Waals surface area contributed by atoms with Gasteiger partial charge in [0.1, 0.15) is 0 Å². The highest BCUT2D eigenvalue weighted by atomic mass is 16.5. The molecule has 106 valence electrons. The largest absolute Gasteiger partial charge is 0.467 e. The number of methoxy groups -OCH3 is 1. The van der Waals surface area contributed by atoms with Gasteiger partial charge < -0.3 is 9.84 Å². The molecule has 0 radical (unpaired) electrons. The number of carbonyl (C=O) groups is 1. The maximum Gasteiger partial charge on any atom is 0.338 e. The molecule has 1 aliphatic carbocycles. The van der Waals surface area contributed by atoms with E-state index >= 15 is 0 Å². The Hall–Kier alpha value is -0.570. The van der Waals surface area contributed by atoms with Crippen molar-refractivity contribution in [3.05, 3.63) is 0 Å². The maximum absolute atomic E-state index is 12.0. The average Bonchev–Trinajstić information content (AvgIpc) is 2.25. The summed E-state index contributed by atoms with van der Waals surface area (Å²) in [5, 5.41) is 10.8. The molecule has 3 unspecified atom stereocenters. The van der Waals surface area contributed by atoms with E-state index in [9.17, 15) is 9.90 Å². The van der Waals surface area contributed by atoms with Crippen LogP contribution < -0.4 is 0 Å². The third-order valence-electron chi connectivity index (χ3n) is 4.65. The van der Waals surface area contributed by atoms with Crippen LogP contribution in [0.3, 0.4) is 0 Å². The SMILES string of the molecule is COC(=O)C(O)(C(C)C)C1CCC(C)(C)CC1C. The minimum absolute atomic E-state index is 0.00188. The van der Waals surface area contributed by atoms with Crippen LogP contribution in [0, 0.1) is 23.2 Å². The van der Waals surface area contributed by atoms with Crippen molar-refractivity contribution in [2.24, 2.45) is 23.2 Å². The number of carbonyl (C=O) groups excluding carboxylic acids is 1. The zero-order valence-corrected chi connectivity index (χ0v) is 12.6. The van der Waals surface area contributed by atoms with E-state index in [1.54, 1.807) is 0 Å². The smallest absolute Gasteiger partial charge is 0.338 e. The lowest BCUT2D eigenvalue weighted by Crippen LogP contribution is -2.54. The highest BCUT2D eigenvalue weighted by Crippen LogP contribution is 2.47. The molecule has 3 heteroatoms. The van der Waals surface area contributed by atoms with Crippen LogP contribution in [-0.2, 0) is 9.53 Å². The Labute approximate surface area is 111 Å². The highest BCUT2D eigenvalue weighted by Gasteiger charge is 2.51. The van der Waals surface area contributed by atoms with Crippen LogP contribution in [0.4, 0.5) is 0 Å². The summed E-state index contributed by atoms with van der Waals surface area (Å²) < 4.78 is 4.84. The second-order valence-electron chi connectivity index (χ2n) is 6.96. The molecular formula is C15H28O3. The molecule has 1 aliphatic rings. The van der Waals surface area contributed by atoms with E-state index in [0.29, 0.717) is 11.3 Å². The van der Waals surface area contributed by atoms with Crippen molar-refractivity contribution in [3.63, 3.8) is 0 Å². The van der Waals surface area contributed by atoms with Gasteiger partial charge in [0.15, 0.2) is 5.60 Å². The minimum atomic E-state index is -1.34. The van der Waals surface area contributed by atoms with E-state index in [1.165, 1.54) is 7.11 Å². The van der Waals surface area contributed by atoms with Gasteiger partial charge in [0.25, 0.3) is 0 Å². The van der Waals surface area contributed by atoms with E-state index in [1.807, 2.05) is 13.8 Å². The molecule has 0 amide bonds. The normalized spacial score (nSPS) is 30.9. The Morgan fingerprint density at radius 3 is 2.39 bits per heavy atom. The molecule has 0 aliphatic heterocycles. The fraction of sp³-hybridized carbons (Fsp3) is 0.933. The van der Waals surface area contributed by atoms with Gasteiger partial charge in [-0.25, -0.2) is 4.79 Å². The van der Waals surface area contributed by atoms with Gasteiger partial charge in [-0.3, -0.25) is 0 Å². The number of hydrogen-bond donors (Lipinski definition) is 1. The monoisotopic (exact) mass is 256 g/mol. The first kappa shape index (κ1) is 15.5. The molecule has 0 heterocycles. The Morgan fingerprint density at radius 1 is 1.44 bits per heavy atom. The van der Waals surface area contributed by atoms with Crippen LogP contribution in [-0.4, -0.2) is 23.8 Å². The highest BCUT2D eigenvalue weighted by molar-refractivity contribution is 5.80. The molecule has 3 atom stereocenters. The van der Waals surface area contributed by atoms with Crippen LogP contribution in [0.1, 0.15) is 53.9 Å². The minimum Gasteiger partial charge on any atom is -0.467 e. The maximum atomic E-state index is 12.0. The molecule has 0 aromatic carbocycles. The molecule has 3 nitrogen and oxygen atoms in total. The average molecular weight is 256 g/mol. The van der Waals surface area contributed by atoms with Gasteiger partial charge in [-0.05, 0) is 36.5 Å². The van der Waals surface area contributed by atoms with Gasteiger partial charge >= 0.3 is 5.97 Å². The van der Waals surface area contributed by atoms with E-state index in [4.69, 9.17) is 4.74 Å². The lowest BCUT2D eigenvalue weighted by molar-refractivity contribution is -0.182. The van der Waals surface area contributed by atoms with Gasteiger partial charge in [0, 0.05) is 5.92 Å².